The van der Waals surface area contributed by atoms with Crippen molar-refractivity contribution in [2.24, 2.45) is 0 Å². The van der Waals surface area contributed by atoms with E-state index in [1.165, 1.54) is 0 Å². The van der Waals surface area contributed by atoms with Gasteiger partial charge in [0.15, 0.2) is 0 Å². The molecule has 28 heavy (non-hydrogen) atoms. The number of carbonyl (C=O) groups is 1. The molecule has 2 heterocycles. The van der Waals surface area contributed by atoms with Crippen molar-refractivity contribution in [2.75, 3.05) is 0 Å². The summed E-state index contributed by atoms with van der Waals surface area (Å²) in [5.41, 5.74) is 6.27. The maximum atomic E-state index is 12.6. The molecule has 2 aromatic heterocycles. The highest BCUT2D eigenvalue weighted by molar-refractivity contribution is 5.95. The molecule has 138 valence electrons. The van der Waals surface area contributed by atoms with Gasteiger partial charge in [-0.1, -0.05) is 54.6 Å². The lowest BCUT2D eigenvalue weighted by atomic mass is 10.1. The van der Waals surface area contributed by atoms with Crippen molar-refractivity contribution >= 4 is 5.91 Å². The lowest BCUT2D eigenvalue weighted by Gasteiger charge is -2.09. The van der Waals surface area contributed by atoms with E-state index in [0.717, 1.165) is 28.1 Å². The highest BCUT2D eigenvalue weighted by Crippen LogP contribution is 2.19. The summed E-state index contributed by atoms with van der Waals surface area (Å²) >= 11 is 0. The van der Waals surface area contributed by atoms with Crippen LogP contribution >= 0.6 is 0 Å². The number of aryl methyl sites for hydroxylation is 1. The Labute approximate surface area is 163 Å². The van der Waals surface area contributed by atoms with Crippen molar-refractivity contribution in [3.63, 3.8) is 0 Å². The van der Waals surface area contributed by atoms with Crippen molar-refractivity contribution in [3.05, 3.63) is 95.8 Å². The zero-order valence-electron chi connectivity index (χ0n) is 15.5. The van der Waals surface area contributed by atoms with Gasteiger partial charge in [-0.05, 0) is 36.2 Å². The summed E-state index contributed by atoms with van der Waals surface area (Å²) < 4.78 is 0. The molecule has 0 saturated heterocycles. The van der Waals surface area contributed by atoms with Gasteiger partial charge in [0.25, 0.3) is 5.91 Å². The summed E-state index contributed by atoms with van der Waals surface area (Å²) in [4.78, 5) is 17.2. The third-order valence-electron chi connectivity index (χ3n) is 4.62. The molecule has 2 N–H and O–H groups in total. The minimum Gasteiger partial charge on any atom is -0.348 e. The number of hydrogen-bond donors (Lipinski definition) is 2. The van der Waals surface area contributed by atoms with Crippen LogP contribution in [-0.2, 0) is 6.54 Å². The van der Waals surface area contributed by atoms with Crippen LogP contribution in [0.4, 0.5) is 0 Å². The number of amides is 1. The summed E-state index contributed by atoms with van der Waals surface area (Å²) in [5.74, 6) is -0.123. The van der Waals surface area contributed by atoms with Gasteiger partial charge in [0.05, 0.1) is 22.6 Å². The number of nitrogens with zero attached hydrogens (tertiary/aromatic N) is 2. The van der Waals surface area contributed by atoms with Crippen molar-refractivity contribution < 1.29 is 4.79 Å². The van der Waals surface area contributed by atoms with Gasteiger partial charge in [0.1, 0.15) is 0 Å². The topological polar surface area (TPSA) is 70.7 Å². The summed E-state index contributed by atoms with van der Waals surface area (Å²) in [6, 6.07) is 23.6. The standard InChI is InChI=1S/C23H20N4O/c1-16-20(11-12-21(26-16)18-5-3-2-4-6-18)23(28)24-15-17-7-9-19(10-8-17)22-13-14-25-27-22/h2-14H,15H2,1H3,(H,24,28)(H,25,27). The van der Waals surface area contributed by atoms with E-state index in [2.05, 4.69) is 20.5 Å². The average Bonchev–Trinajstić information content (AvgIpc) is 3.28. The molecule has 0 bridgehead atoms. The van der Waals surface area contributed by atoms with E-state index in [-0.39, 0.29) is 5.91 Å². The van der Waals surface area contributed by atoms with E-state index in [1.807, 2.05) is 79.7 Å². The first-order valence-electron chi connectivity index (χ1n) is 9.10. The molecule has 0 radical (unpaired) electrons. The first kappa shape index (κ1) is 17.7. The molecule has 5 heteroatoms. The fourth-order valence-corrected chi connectivity index (χ4v) is 3.07. The molecule has 0 spiro atoms. The second-order valence-electron chi connectivity index (χ2n) is 6.55. The van der Waals surface area contributed by atoms with E-state index in [1.54, 1.807) is 6.20 Å². The van der Waals surface area contributed by atoms with Crippen LogP contribution < -0.4 is 5.32 Å². The zero-order valence-corrected chi connectivity index (χ0v) is 15.5. The minimum atomic E-state index is -0.123. The summed E-state index contributed by atoms with van der Waals surface area (Å²) in [5, 5.41) is 9.87. The number of aromatic nitrogens is 3. The van der Waals surface area contributed by atoms with Crippen LogP contribution in [0.5, 0.6) is 0 Å². The van der Waals surface area contributed by atoms with Gasteiger partial charge in [0.2, 0.25) is 0 Å². The van der Waals surface area contributed by atoms with Crippen LogP contribution in [0.25, 0.3) is 22.5 Å². The Bertz CT molecular complexity index is 1070. The van der Waals surface area contributed by atoms with E-state index < -0.39 is 0 Å². The van der Waals surface area contributed by atoms with Crippen LogP contribution in [-0.4, -0.2) is 21.1 Å². The number of aromatic amines is 1. The van der Waals surface area contributed by atoms with Gasteiger partial charge in [-0.3, -0.25) is 14.9 Å². The maximum absolute atomic E-state index is 12.6. The molecule has 4 rings (SSSR count). The van der Waals surface area contributed by atoms with E-state index >= 15 is 0 Å². The number of benzene rings is 2. The molecular weight excluding hydrogens is 348 g/mol. The SMILES string of the molecule is Cc1nc(-c2ccccc2)ccc1C(=O)NCc1ccc(-c2ccn[nH]2)cc1. The Morgan fingerprint density at radius 2 is 1.71 bits per heavy atom. The van der Waals surface area contributed by atoms with E-state index in [4.69, 9.17) is 0 Å². The third kappa shape index (κ3) is 3.83. The highest BCUT2D eigenvalue weighted by atomic mass is 16.1. The second-order valence-corrected chi connectivity index (χ2v) is 6.55. The first-order chi connectivity index (χ1) is 13.7. The number of rotatable bonds is 5. The lowest BCUT2D eigenvalue weighted by molar-refractivity contribution is 0.0950. The number of pyridine rings is 1. The lowest BCUT2D eigenvalue weighted by Crippen LogP contribution is -2.24. The van der Waals surface area contributed by atoms with Crippen LogP contribution in [0.15, 0.2) is 79.0 Å². The molecule has 1 amide bonds. The van der Waals surface area contributed by atoms with Crippen molar-refractivity contribution in [3.8, 4) is 22.5 Å². The molecule has 0 saturated carbocycles. The Hall–Kier alpha value is -3.73. The smallest absolute Gasteiger partial charge is 0.253 e. The van der Waals surface area contributed by atoms with E-state index in [9.17, 15) is 4.79 Å². The Morgan fingerprint density at radius 1 is 0.929 bits per heavy atom. The van der Waals surface area contributed by atoms with Gasteiger partial charge in [-0.2, -0.15) is 5.10 Å². The van der Waals surface area contributed by atoms with Crippen molar-refractivity contribution in [1.82, 2.24) is 20.5 Å². The van der Waals surface area contributed by atoms with Crippen LogP contribution in [0.1, 0.15) is 21.6 Å². The fourth-order valence-electron chi connectivity index (χ4n) is 3.07. The summed E-state index contributed by atoms with van der Waals surface area (Å²) in [6.45, 7) is 2.32. The maximum Gasteiger partial charge on any atom is 0.253 e. The number of carbonyl (C=O) groups excluding carboxylic acids is 1. The van der Waals surface area contributed by atoms with Crippen LogP contribution in [0.3, 0.4) is 0 Å². The summed E-state index contributed by atoms with van der Waals surface area (Å²) in [7, 11) is 0. The largest absolute Gasteiger partial charge is 0.348 e. The molecule has 2 aromatic carbocycles. The monoisotopic (exact) mass is 368 g/mol. The first-order valence-corrected chi connectivity index (χ1v) is 9.10. The molecule has 0 aliphatic rings. The van der Waals surface area contributed by atoms with Crippen molar-refractivity contribution in [2.45, 2.75) is 13.5 Å². The molecule has 4 aromatic rings. The molecule has 0 aliphatic heterocycles. The Morgan fingerprint density at radius 3 is 2.39 bits per heavy atom. The number of hydrogen-bond acceptors (Lipinski definition) is 3. The van der Waals surface area contributed by atoms with Crippen LogP contribution in [0.2, 0.25) is 0 Å². The predicted octanol–water partition coefficient (Wildman–Crippen LogP) is 4.38. The Kier molecular flexibility index (Phi) is 4.97. The Balaban J connectivity index is 1.42. The molecule has 0 atom stereocenters. The van der Waals surface area contributed by atoms with Crippen molar-refractivity contribution in [1.29, 1.82) is 0 Å². The highest BCUT2D eigenvalue weighted by Gasteiger charge is 2.11. The molecule has 0 unspecified atom stereocenters. The minimum absolute atomic E-state index is 0.123. The third-order valence-corrected chi connectivity index (χ3v) is 4.62. The second kappa shape index (κ2) is 7.88. The summed E-state index contributed by atoms with van der Waals surface area (Å²) in [6.07, 6.45) is 1.73. The van der Waals surface area contributed by atoms with Gasteiger partial charge >= 0.3 is 0 Å². The fraction of sp³-hybridized carbons (Fsp3) is 0.0870. The average molecular weight is 368 g/mol. The number of nitrogens with one attached hydrogen (secondary N) is 2. The zero-order chi connectivity index (χ0) is 19.3. The van der Waals surface area contributed by atoms with Gasteiger partial charge in [-0.15, -0.1) is 0 Å². The van der Waals surface area contributed by atoms with Gasteiger partial charge in [0, 0.05) is 18.3 Å². The molecular formula is C23H20N4O. The van der Waals surface area contributed by atoms with Gasteiger partial charge < -0.3 is 5.32 Å². The predicted molar refractivity (Wildman–Crippen MR) is 110 cm³/mol. The number of H-pyrrole nitrogens is 1. The molecule has 0 fully saturated rings. The van der Waals surface area contributed by atoms with E-state index in [0.29, 0.717) is 17.8 Å². The van der Waals surface area contributed by atoms with Crippen LogP contribution in [0, 0.1) is 6.92 Å². The molecule has 0 aliphatic carbocycles. The molecule has 5 nitrogen and oxygen atoms in total. The normalized spacial score (nSPS) is 10.6. The van der Waals surface area contributed by atoms with Gasteiger partial charge in [-0.25, -0.2) is 0 Å². The quantitative estimate of drug-likeness (QED) is 0.549.